The number of aryl methyl sites for hydroxylation is 2. The van der Waals surface area contributed by atoms with Crippen LogP contribution in [0, 0.1) is 0 Å². The summed E-state index contributed by atoms with van der Waals surface area (Å²) in [6.45, 7) is 4.32. The fourth-order valence-electron chi connectivity index (χ4n) is 3.89. The molecule has 4 rings (SSSR count). The highest BCUT2D eigenvalue weighted by atomic mass is 15.2. The molecule has 2 aliphatic rings. The summed E-state index contributed by atoms with van der Waals surface area (Å²) in [6, 6.07) is 2.49. The van der Waals surface area contributed by atoms with Crippen molar-refractivity contribution >= 4 is 11.6 Å². The van der Waals surface area contributed by atoms with Gasteiger partial charge in [0.15, 0.2) is 0 Å². The Morgan fingerprint density at radius 2 is 2.00 bits per heavy atom. The number of piperidine rings is 1. The maximum Gasteiger partial charge on any atom is 0.133 e. The number of fused-ring (bicyclic) bond motifs is 1. The Balaban J connectivity index is 1.29. The van der Waals surface area contributed by atoms with Crippen molar-refractivity contribution in [2.75, 3.05) is 37.4 Å². The van der Waals surface area contributed by atoms with E-state index in [9.17, 15) is 0 Å². The van der Waals surface area contributed by atoms with E-state index in [0.29, 0.717) is 6.04 Å². The number of nitrogens with zero attached hydrogens (tertiary/aromatic N) is 6. The Bertz CT molecular complexity index is 708. The number of nitrogens with one attached hydrogen (secondary N) is 1. The maximum atomic E-state index is 4.84. The third kappa shape index (κ3) is 3.98. The van der Waals surface area contributed by atoms with E-state index in [1.165, 1.54) is 24.4 Å². The van der Waals surface area contributed by atoms with Crippen LogP contribution < -0.4 is 10.2 Å². The van der Waals surface area contributed by atoms with Crippen molar-refractivity contribution in [2.24, 2.45) is 0 Å². The normalized spacial score (nSPS) is 18.5. The second-order valence-electron chi connectivity index (χ2n) is 7.65. The maximum absolute atomic E-state index is 4.84. The average Bonchev–Trinajstić information content (AvgIpc) is 3.06. The van der Waals surface area contributed by atoms with Crippen molar-refractivity contribution in [3.63, 3.8) is 0 Å². The molecule has 0 aromatic carbocycles. The first-order valence-electron chi connectivity index (χ1n) is 9.70. The van der Waals surface area contributed by atoms with Crippen LogP contribution in [0.1, 0.15) is 37.2 Å². The van der Waals surface area contributed by atoms with E-state index in [1.54, 1.807) is 6.33 Å². The summed E-state index contributed by atoms with van der Waals surface area (Å²) in [5.74, 6) is 3.14. The lowest BCUT2D eigenvalue weighted by Gasteiger charge is -2.32. The molecule has 0 saturated carbocycles. The molecule has 2 aromatic rings. The van der Waals surface area contributed by atoms with Gasteiger partial charge in [-0.25, -0.2) is 15.0 Å². The smallest absolute Gasteiger partial charge is 0.133 e. The summed E-state index contributed by atoms with van der Waals surface area (Å²) < 4.78 is 2.35. The Labute approximate surface area is 155 Å². The van der Waals surface area contributed by atoms with Gasteiger partial charge in [0.05, 0.1) is 5.69 Å². The highest BCUT2D eigenvalue weighted by molar-refractivity contribution is 5.47. The van der Waals surface area contributed by atoms with Gasteiger partial charge < -0.3 is 14.8 Å². The molecule has 7 nitrogen and oxygen atoms in total. The molecular weight excluding hydrogens is 326 g/mol. The summed E-state index contributed by atoms with van der Waals surface area (Å²) in [6.07, 6.45) is 9.88. The molecule has 1 fully saturated rings. The van der Waals surface area contributed by atoms with Crippen molar-refractivity contribution in [3.8, 4) is 0 Å². The number of hydrogen-bond acceptors (Lipinski definition) is 6. The largest absolute Gasteiger partial charge is 0.367 e. The van der Waals surface area contributed by atoms with Gasteiger partial charge in [-0.05, 0) is 25.7 Å². The second-order valence-corrected chi connectivity index (χ2v) is 7.65. The Morgan fingerprint density at radius 3 is 2.77 bits per heavy atom. The number of rotatable bonds is 5. The second kappa shape index (κ2) is 7.61. The fraction of sp³-hybridized carbons (Fsp3) is 0.632. The predicted octanol–water partition coefficient (Wildman–Crippen LogP) is 2.15. The third-order valence-corrected chi connectivity index (χ3v) is 5.39. The number of likely N-dealkylation sites (tertiary alicyclic amines) is 1. The lowest BCUT2D eigenvalue weighted by molar-refractivity contribution is 0.209. The molecule has 0 atom stereocenters. The van der Waals surface area contributed by atoms with Crippen LogP contribution in [-0.4, -0.2) is 57.6 Å². The molecule has 140 valence electrons. The van der Waals surface area contributed by atoms with E-state index in [4.69, 9.17) is 4.98 Å². The third-order valence-electron chi connectivity index (χ3n) is 5.39. The molecule has 1 N–H and O–H groups in total. The van der Waals surface area contributed by atoms with E-state index in [0.717, 1.165) is 57.1 Å². The Hall–Kier alpha value is -2.15. The van der Waals surface area contributed by atoms with Gasteiger partial charge in [0.2, 0.25) is 0 Å². The number of imidazole rings is 1. The van der Waals surface area contributed by atoms with E-state index in [-0.39, 0.29) is 0 Å². The molecule has 0 radical (unpaired) electrons. The Kier molecular flexibility index (Phi) is 5.06. The minimum absolute atomic E-state index is 0.478. The van der Waals surface area contributed by atoms with Crippen molar-refractivity contribution in [3.05, 3.63) is 30.1 Å². The molecule has 0 spiro atoms. The van der Waals surface area contributed by atoms with Crippen molar-refractivity contribution < 1.29 is 0 Å². The SMILES string of the molecule is CN(C)c1cc(NC2CCN(Cc3cn4c(n3)CCCC4)CC2)ncn1. The highest BCUT2D eigenvalue weighted by Gasteiger charge is 2.21. The van der Waals surface area contributed by atoms with E-state index in [1.807, 2.05) is 25.1 Å². The van der Waals surface area contributed by atoms with Crippen LogP contribution in [0.25, 0.3) is 0 Å². The zero-order chi connectivity index (χ0) is 17.9. The van der Waals surface area contributed by atoms with Gasteiger partial charge in [0.1, 0.15) is 23.8 Å². The van der Waals surface area contributed by atoms with Crippen LogP contribution in [-0.2, 0) is 19.5 Å². The van der Waals surface area contributed by atoms with Crippen LogP contribution in [0.2, 0.25) is 0 Å². The number of aromatic nitrogens is 4. The van der Waals surface area contributed by atoms with Crippen LogP contribution in [0.4, 0.5) is 11.6 Å². The summed E-state index contributed by atoms with van der Waals surface area (Å²) in [4.78, 5) is 18.0. The molecule has 4 heterocycles. The summed E-state index contributed by atoms with van der Waals surface area (Å²) >= 11 is 0. The zero-order valence-electron chi connectivity index (χ0n) is 15.9. The molecule has 7 heteroatoms. The molecule has 1 saturated heterocycles. The molecule has 0 bridgehead atoms. The van der Waals surface area contributed by atoms with Gasteiger partial charge in [0, 0.05) is 65.0 Å². The fourth-order valence-corrected chi connectivity index (χ4v) is 3.89. The van der Waals surface area contributed by atoms with E-state index < -0.39 is 0 Å². The van der Waals surface area contributed by atoms with Gasteiger partial charge in [-0.1, -0.05) is 0 Å². The van der Waals surface area contributed by atoms with Gasteiger partial charge in [-0.3, -0.25) is 4.90 Å². The zero-order valence-corrected chi connectivity index (χ0v) is 15.9. The molecule has 0 aliphatic carbocycles. The van der Waals surface area contributed by atoms with Crippen molar-refractivity contribution in [1.82, 2.24) is 24.4 Å². The highest BCUT2D eigenvalue weighted by Crippen LogP contribution is 2.20. The van der Waals surface area contributed by atoms with Crippen LogP contribution in [0.3, 0.4) is 0 Å². The van der Waals surface area contributed by atoms with Crippen LogP contribution >= 0.6 is 0 Å². The topological polar surface area (TPSA) is 62.1 Å². The number of anilines is 2. The Morgan fingerprint density at radius 1 is 1.15 bits per heavy atom. The monoisotopic (exact) mass is 355 g/mol. The van der Waals surface area contributed by atoms with Crippen LogP contribution in [0.15, 0.2) is 18.6 Å². The molecule has 2 aliphatic heterocycles. The van der Waals surface area contributed by atoms with Gasteiger partial charge >= 0.3 is 0 Å². The quantitative estimate of drug-likeness (QED) is 0.887. The first-order valence-corrected chi connectivity index (χ1v) is 9.70. The molecule has 0 amide bonds. The molecular formula is C19H29N7. The summed E-state index contributed by atoms with van der Waals surface area (Å²) in [5, 5.41) is 3.58. The van der Waals surface area contributed by atoms with E-state index >= 15 is 0 Å². The van der Waals surface area contributed by atoms with E-state index in [2.05, 4.69) is 30.9 Å². The minimum atomic E-state index is 0.478. The van der Waals surface area contributed by atoms with Crippen molar-refractivity contribution in [2.45, 2.75) is 51.2 Å². The summed E-state index contributed by atoms with van der Waals surface area (Å²) in [7, 11) is 4.00. The molecule has 2 aromatic heterocycles. The first-order chi connectivity index (χ1) is 12.7. The minimum Gasteiger partial charge on any atom is -0.367 e. The lowest BCUT2D eigenvalue weighted by atomic mass is 10.0. The van der Waals surface area contributed by atoms with Crippen molar-refractivity contribution in [1.29, 1.82) is 0 Å². The molecule has 0 unspecified atom stereocenters. The summed E-state index contributed by atoms with van der Waals surface area (Å²) in [5.41, 5.74) is 1.24. The van der Waals surface area contributed by atoms with Gasteiger partial charge in [0.25, 0.3) is 0 Å². The van der Waals surface area contributed by atoms with Gasteiger partial charge in [-0.15, -0.1) is 0 Å². The van der Waals surface area contributed by atoms with Crippen LogP contribution in [0.5, 0.6) is 0 Å². The predicted molar refractivity (Wildman–Crippen MR) is 103 cm³/mol. The lowest BCUT2D eigenvalue weighted by Crippen LogP contribution is -2.38. The first kappa shape index (κ1) is 17.3. The average molecular weight is 355 g/mol. The molecule has 26 heavy (non-hydrogen) atoms. The standard InChI is InChI=1S/C19H29N7/c1-24(2)19-11-17(20-14-21-19)22-15-6-9-25(10-7-15)12-16-13-26-8-4-3-5-18(26)23-16/h11,13-15H,3-10,12H2,1-2H3,(H,20,21,22). The number of hydrogen-bond donors (Lipinski definition) is 1. The van der Waals surface area contributed by atoms with Gasteiger partial charge in [-0.2, -0.15) is 0 Å².